The summed E-state index contributed by atoms with van der Waals surface area (Å²) in [5, 5.41) is 0. The third-order valence-electron chi connectivity index (χ3n) is 5.13. The molecule has 0 bridgehead atoms. The van der Waals surface area contributed by atoms with Gasteiger partial charge in [-0.25, -0.2) is 4.98 Å². The number of aromatic nitrogens is 1. The van der Waals surface area contributed by atoms with Gasteiger partial charge in [0.25, 0.3) is 5.91 Å². The average molecular weight is 376 g/mol. The summed E-state index contributed by atoms with van der Waals surface area (Å²) in [7, 11) is 0. The largest absolute Gasteiger partial charge is 0.454 e. The van der Waals surface area contributed by atoms with Crippen molar-refractivity contribution in [2.75, 3.05) is 19.9 Å². The van der Waals surface area contributed by atoms with Crippen LogP contribution in [0.25, 0.3) is 22.8 Å². The Hall–Kier alpha value is -3.28. The van der Waals surface area contributed by atoms with Crippen LogP contribution >= 0.6 is 0 Å². The molecule has 0 radical (unpaired) electrons. The first-order chi connectivity index (χ1) is 13.8. The SMILES string of the molecule is O=C(c1nc(-c2ccccc2)oc1-c1ccc2c(c1)OCO2)N1CCCCC1. The molecule has 0 aliphatic carbocycles. The second kappa shape index (κ2) is 7.03. The smallest absolute Gasteiger partial charge is 0.276 e. The lowest BCUT2D eigenvalue weighted by atomic mass is 10.1. The molecule has 0 atom stereocenters. The van der Waals surface area contributed by atoms with Gasteiger partial charge in [0.15, 0.2) is 23.0 Å². The van der Waals surface area contributed by atoms with Crippen LogP contribution < -0.4 is 9.47 Å². The zero-order valence-corrected chi connectivity index (χ0v) is 15.4. The van der Waals surface area contributed by atoms with E-state index in [0.717, 1.165) is 43.5 Å². The minimum absolute atomic E-state index is 0.0849. The molecule has 142 valence electrons. The Morgan fingerprint density at radius 1 is 0.893 bits per heavy atom. The first kappa shape index (κ1) is 16.9. The van der Waals surface area contributed by atoms with Gasteiger partial charge < -0.3 is 18.8 Å². The maximum atomic E-state index is 13.2. The van der Waals surface area contributed by atoms with Crippen LogP contribution in [0.3, 0.4) is 0 Å². The molecule has 1 saturated heterocycles. The van der Waals surface area contributed by atoms with Gasteiger partial charge in [-0.05, 0) is 49.6 Å². The standard InChI is InChI=1S/C22H20N2O4/c25-22(24-11-5-2-6-12-24)19-20(16-9-10-17-18(13-16)27-14-26-17)28-21(23-19)15-7-3-1-4-8-15/h1,3-4,7-10,13H,2,5-6,11-12,14H2. The lowest BCUT2D eigenvalue weighted by molar-refractivity contribution is 0.0719. The average Bonchev–Trinajstić information content (AvgIpc) is 3.41. The number of rotatable bonds is 3. The van der Waals surface area contributed by atoms with Crippen LogP contribution in [0.15, 0.2) is 52.9 Å². The summed E-state index contributed by atoms with van der Waals surface area (Å²) < 4.78 is 17.0. The molecule has 2 aromatic carbocycles. The van der Waals surface area contributed by atoms with Gasteiger partial charge in [-0.15, -0.1) is 0 Å². The van der Waals surface area contributed by atoms with E-state index in [1.54, 1.807) is 0 Å². The first-order valence-electron chi connectivity index (χ1n) is 9.55. The van der Waals surface area contributed by atoms with E-state index in [-0.39, 0.29) is 12.7 Å². The van der Waals surface area contributed by atoms with Crippen LogP contribution in [0, 0.1) is 0 Å². The Bertz CT molecular complexity index is 1010. The number of hydrogen-bond acceptors (Lipinski definition) is 5. The molecule has 3 heterocycles. The van der Waals surface area contributed by atoms with E-state index in [9.17, 15) is 4.79 Å². The van der Waals surface area contributed by atoms with Crippen LogP contribution in [0.4, 0.5) is 0 Å². The maximum absolute atomic E-state index is 13.2. The molecule has 0 unspecified atom stereocenters. The molecule has 1 amide bonds. The molecule has 0 N–H and O–H groups in total. The van der Waals surface area contributed by atoms with Gasteiger partial charge in [-0.3, -0.25) is 4.79 Å². The molecule has 28 heavy (non-hydrogen) atoms. The molecule has 3 aromatic rings. The van der Waals surface area contributed by atoms with Crippen molar-refractivity contribution in [2.45, 2.75) is 19.3 Å². The summed E-state index contributed by atoms with van der Waals surface area (Å²) in [5.41, 5.74) is 1.93. The van der Waals surface area contributed by atoms with Crippen molar-refractivity contribution in [3.63, 3.8) is 0 Å². The summed E-state index contributed by atoms with van der Waals surface area (Å²) in [4.78, 5) is 19.7. The Morgan fingerprint density at radius 3 is 2.50 bits per heavy atom. The van der Waals surface area contributed by atoms with Crippen LogP contribution in [-0.2, 0) is 0 Å². The number of ether oxygens (including phenoxy) is 2. The third-order valence-corrected chi connectivity index (χ3v) is 5.13. The van der Waals surface area contributed by atoms with E-state index in [4.69, 9.17) is 13.9 Å². The number of oxazole rings is 1. The number of piperidine rings is 1. The Kier molecular flexibility index (Phi) is 4.24. The normalized spacial score (nSPS) is 15.6. The lowest BCUT2D eigenvalue weighted by Gasteiger charge is -2.26. The molecule has 2 aliphatic rings. The molecule has 0 saturated carbocycles. The highest BCUT2D eigenvalue weighted by molar-refractivity contribution is 5.98. The molecule has 1 aromatic heterocycles. The van der Waals surface area contributed by atoms with E-state index >= 15 is 0 Å². The van der Waals surface area contributed by atoms with Gasteiger partial charge >= 0.3 is 0 Å². The van der Waals surface area contributed by atoms with Crippen molar-refractivity contribution in [3.8, 4) is 34.3 Å². The fourth-order valence-corrected chi connectivity index (χ4v) is 3.65. The van der Waals surface area contributed by atoms with E-state index < -0.39 is 0 Å². The third kappa shape index (κ3) is 3.01. The zero-order chi connectivity index (χ0) is 18.9. The predicted octanol–water partition coefficient (Wildman–Crippen LogP) is 4.36. The van der Waals surface area contributed by atoms with Crippen LogP contribution in [-0.4, -0.2) is 35.7 Å². The molecular formula is C22H20N2O4. The number of likely N-dealkylation sites (tertiary alicyclic amines) is 1. The molecule has 0 spiro atoms. The Balaban J connectivity index is 1.59. The number of benzene rings is 2. The summed E-state index contributed by atoms with van der Waals surface area (Å²) in [6, 6.07) is 15.2. The Labute approximate surface area is 162 Å². The van der Waals surface area contributed by atoms with Gasteiger partial charge in [0, 0.05) is 24.2 Å². The van der Waals surface area contributed by atoms with Gasteiger partial charge in [0.2, 0.25) is 12.7 Å². The van der Waals surface area contributed by atoms with E-state index in [2.05, 4.69) is 4.98 Å². The number of hydrogen-bond donors (Lipinski definition) is 0. The maximum Gasteiger partial charge on any atom is 0.276 e. The van der Waals surface area contributed by atoms with Crippen molar-refractivity contribution < 1.29 is 18.7 Å². The lowest BCUT2D eigenvalue weighted by Crippen LogP contribution is -2.36. The van der Waals surface area contributed by atoms with E-state index in [1.165, 1.54) is 0 Å². The van der Waals surface area contributed by atoms with Crippen LogP contribution in [0.2, 0.25) is 0 Å². The molecule has 6 heteroatoms. The highest BCUT2D eigenvalue weighted by Crippen LogP contribution is 2.38. The van der Waals surface area contributed by atoms with Crippen molar-refractivity contribution in [3.05, 3.63) is 54.2 Å². The zero-order valence-electron chi connectivity index (χ0n) is 15.4. The summed E-state index contributed by atoms with van der Waals surface area (Å²) >= 11 is 0. The van der Waals surface area contributed by atoms with Crippen LogP contribution in [0.5, 0.6) is 11.5 Å². The minimum Gasteiger partial charge on any atom is -0.454 e. The summed E-state index contributed by atoms with van der Waals surface area (Å²) in [6.45, 7) is 1.71. The van der Waals surface area contributed by atoms with Gasteiger partial charge in [-0.1, -0.05) is 18.2 Å². The van der Waals surface area contributed by atoms with Crippen molar-refractivity contribution in [1.29, 1.82) is 0 Å². The second-order valence-corrected chi connectivity index (χ2v) is 6.98. The van der Waals surface area contributed by atoms with Crippen molar-refractivity contribution >= 4 is 5.91 Å². The summed E-state index contributed by atoms with van der Waals surface area (Å²) in [6.07, 6.45) is 3.20. The molecular weight excluding hydrogens is 356 g/mol. The Morgan fingerprint density at radius 2 is 1.68 bits per heavy atom. The predicted molar refractivity (Wildman–Crippen MR) is 103 cm³/mol. The van der Waals surface area contributed by atoms with Gasteiger partial charge in [-0.2, -0.15) is 0 Å². The van der Waals surface area contributed by atoms with Gasteiger partial charge in [0.1, 0.15) is 0 Å². The molecule has 1 fully saturated rings. The number of carbonyl (C=O) groups excluding carboxylic acids is 1. The number of nitrogens with zero attached hydrogens (tertiary/aromatic N) is 2. The van der Waals surface area contributed by atoms with Gasteiger partial charge in [0.05, 0.1) is 0 Å². The molecule has 5 rings (SSSR count). The molecule has 2 aliphatic heterocycles. The van der Waals surface area contributed by atoms with E-state index in [1.807, 2.05) is 53.4 Å². The fourth-order valence-electron chi connectivity index (χ4n) is 3.65. The minimum atomic E-state index is -0.0849. The number of carbonyl (C=O) groups is 1. The first-order valence-corrected chi connectivity index (χ1v) is 9.55. The molecule has 6 nitrogen and oxygen atoms in total. The van der Waals surface area contributed by atoms with Crippen molar-refractivity contribution in [1.82, 2.24) is 9.88 Å². The van der Waals surface area contributed by atoms with Crippen molar-refractivity contribution in [2.24, 2.45) is 0 Å². The fraction of sp³-hybridized carbons (Fsp3) is 0.273. The monoisotopic (exact) mass is 376 g/mol. The quantitative estimate of drug-likeness (QED) is 0.679. The highest BCUT2D eigenvalue weighted by Gasteiger charge is 2.28. The topological polar surface area (TPSA) is 64.8 Å². The number of amides is 1. The van der Waals surface area contributed by atoms with E-state index in [0.29, 0.717) is 28.8 Å². The summed E-state index contributed by atoms with van der Waals surface area (Å²) in [5.74, 6) is 2.15. The van der Waals surface area contributed by atoms with Crippen LogP contribution in [0.1, 0.15) is 29.8 Å². The highest BCUT2D eigenvalue weighted by atomic mass is 16.7. The second-order valence-electron chi connectivity index (χ2n) is 6.98. The number of fused-ring (bicyclic) bond motifs is 1.